The second kappa shape index (κ2) is 9.42. The zero-order valence-corrected chi connectivity index (χ0v) is 21.5. The number of likely N-dealkylation sites (tertiary alicyclic amines) is 1. The van der Waals surface area contributed by atoms with Gasteiger partial charge in [0.1, 0.15) is 17.5 Å². The molecule has 1 amide bonds. The Bertz CT molecular complexity index is 1150. The van der Waals surface area contributed by atoms with E-state index in [2.05, 4.69) is 34.4 Å². The molecule has 1 aliphatic heterocycles. The first-order chi connectivity index (χ1) is 15.7. The van der Waals surface area contributed by atoms with Gasteiger partial charge >= 0.3 is 0 Å². The predicted octanol–water partition coefficient (Wildman–Crippen LogP) is 5.22. The summed E-state index contributed by atoms with van der Waals surface area (Å²) in [5, 5.41) is 0. The number of hydrogen-bond acceptors (Lipinski definition) is 3. The summed E-state index contributed by atoms with van der Waals surface area (Å²) in [6.07, 6.45) is 2.19. The second-order valence-electron chi connectivity index (χ2n) is 9.39. The Balaban J connectivity index is 1.50. The van der Waals surface area contributed by atoms with Crippen LogP contribution in [-0.2, 0) is 9.59 Å². The maximum atomic E-state index is 13.3. The molecule has 1 saturated heterocycles. The Morgan fingerprint density at radius 1 is 1.03 bits per heavy atom. The molecule has 0 radical (unpaired) electrons. The third-order valence-electron chi connectivity index (χ3n) is 7.11. The van der Waals surface area contributed by atoms with Gasteiger partial charge in [-0.05, 0) is 103 Å². The van der Waals surface area contributed by atoms with Gasteiger partial charge in [-0.15, -0.1) is 5.92 Å². The molecule has 4 nitrogen and oxygen atoms in total. The molecule has 1 spiro atoms. The topological polar surface area (TPSA) is 54.5 Å². The van der Waals surface area contributed by atoms with Crippen molar-refractivity contribution >= 4 is 40.1 Å². The van der Waals surface area contributed by atoms with Crippen molar-refractivity contribution in [1.82, 2.24) is 4.90 Å². The van der Waals surface area contributed by atoms with E-state index in [-0.39, 0.29) is 22.9 Å². The van der Waals surface area contributed by atoms with Crippen molar-refractivity contribution in [2.75, 3.05) is 13.1 Å². The van der Waals surface area contributed by atoms with Gasteiger partial charge < -0.3 is 4.90 Å². The van der Waals surface area contributed by atoms with Crippen LogP contribution in [0.5, 0.6) is 0 Å². The molecule has 2 aliphatic rings. The third-order valence-corrected chi connectivity index (χ3v) is 8.05. The SMILES string of the molecule is CC#Cc1cc(C)c(C2C(=O)CC3(CCN(C(=O)c4ccccc4I)CC3)CC2=O)c(C)c1. The highest BCUT2D eigenvalue weighted by atomic mass is 127. The number of ketones is 2. The lowest BCUT2D eigenvalue weighted by Crippen LogP contribution is -2.48. The number of nitrogens with zero attached hydrogens (tertiary/aromatic N) is 1. The van der Waals surface area contributed by atoms with E-state index in [0.717, 1.165) is 25.8 Å². The van der Waals surface area contributed by atoms with E-state index in [0.29, 0.717) is 44.3 Å². The summed E-state index contributed by atoms with van der Waals surface area (Å²) < 4.78 is 0.938. The molecule has 1 saturated carbocycles. The quantitative estimate of drug-likeness (QED) is 0.291. The molecule has 1 aliphatic carbocycles. The number of carbonyl (C=O) groups is 3. The van der Waals surface area contributed by atoms with Crippen LogP contribution < -0.4 is 0 Å². The van der Waals surface area contributed by atoms with Crippen LogP contribution in [0, 0.1) is 34.7 Å². The second-order valence-corrected chi connectivity index (χ2v) is 10.6. The number of amides is 1. The fraction of sp³-hybridized carbons (Fsp3) is 0.393. The third kappa shape index (κ3) is 4.63. The molecule has 2 fully saturated rings. The van der Waals surface area contributed by atoms with Crippen LogP contribution in [0.3, 0.4) is 0 Å². The van der Waals surface area contributed by atoms with Gasteiger partial charge in [0.15, 0.2) is 0 Å². The molecule has 0 N–H and O–H groups in total. The highest BCUT2D eigenvalue weighted by molar-refractivity contribution is 14.1. The molecule has 0 bridgehead atoms. The largest absolute Gasteiger partial charge is 0.339 e. The van der Waals surface area contributed by atoms with Crippen molar-refractivity contribution in [2.45, 2.75) is 52.4 Å². The van der Waals surface area contributed by atoms with Crippen LogP contribution >= 0.6 is 22.6 Å². The molecule has 0 unspecified atom stereocenters. The van der Waals surface area contributed by atoms with Gasteiger partial charge in [0.25, 0.3) is 5.91 Å². The lowest BCUT2D eigenvalue weighted by Gasteiger charge is -2.45. The Morgan fingerprint density at radius 2 is 1.61 bits per heavy atom. The molecular weight excluding hydrogens is 525 g/mol. The number of rotatable bonds is 2. The van der Waals surface area contributed by atoms with Gasteiger partial charge in [-0.3, -0.25) is 14.4 Å². The van der Waals surface area contributed by atoms with Crippen LogP contribution in [0.4, 0.5) is 0 Å². The van der Waals surface area contributed by atoms with Crippen molar-refractivity contribution in [3.05, 3.63) is 67.8 Å². The van der Waals surface area contributed by atoms with Crippen molar-refractivity contribution in [3.8, 4) is 11.8 Å². The number of hydrogen-bond donors (Lipinski definition) is 0. The average Bonchev–Trinajstić information content (AvgIpc) is 2.76. The number of Topliss-reactive ketones (excluding diaryl/α,β-unsaturated/α-hetero) is 2. The summed E-state index contributed by atoms with van der Waals surface area (Å²) in [5.41, 5.74) is 4.07. The summed E-state index contributed by atoms with van der Waals surface area (Å²) in [6, 6.07) is 11.5. The van der Waals surface area contributed by atoms with Crippen molar-refractivity contribution in [1.29, 1.82) is 0 Å². The van der Waals surface area contributed by atoms with Crippen LogP contribution in [-0.4, -0.2) is 35.5 Å². The van der Waals surface area contributed by atoms with E-state index in [1.807, 2.05) is 55.1 Å². The van der Waals surface area contributed by atoms with Gasteiger partial charge in [0, 0.05) is 35.1 Å². The predicted molar refractivity (Wildman–Crippen MR) is 137 cm³/mol. The first-order valence-electron chi connectivity index (χ1n) is 11.4. The van der Waals surface area contributed by atoms with Gasteiger partial charge in [-0.1, -0.05) is 18.1 Å². The standard InChI is InChI=1S/C28H28INO3/c1-4-7-20-14-18(2)25(19(3)15-20)26-23(31)16-28(17-24(26)32)10-12-30(13-11-28)27(33)21-8-5-6-9-22(21)29/h5-6,8-9,14-15,26H,10-13,16-17H2,1-3H3. The van der Waals surface area contributed by atoms with Crippen molar-refractivity contribution < 1.29 is 14.4 Å². The molecule has 33 heavy (non-hydrogen) atoms. The lowest BCUT2D eigenvalue weighted by atomic mass is 9.62. The highest BCUT2D eigenvalue weighted by Crippen LogP contribution is 2.46. The number of halogens is 1. The molecule has 2 aromatic rings. The number of benzene rings is 2. The maximum absolute atomic E-state index is 13.3. The Hall–Kier alpha value is -2.46. The number of piperidine rings is 1. The summed E-state index contributed by atoms with van der Waals surface area (Å²) >= 11 is 2.19. The Labute approximate surface area is 209 Å². The van der Waals surface area contributed by atoms with Crippen LogP contribution in [0.1, 0.15) is 71.1 Å². The smallest absolute Gasteiger partial charge is 0.254 e. The number of carbonyl (C=O) groups excluding carboxylic acids is 3. The van der Waals surface area contributed by atoms with E-state index >= 15 is 0 Å². The van der Waals surface area contributed by atoms with Crippen LogP contribution in [0.2, 0.25) is 0 Å². The fourth-order valence-corrected chi connectivity index (χ4v) is 6.11. The lowest BCUT2D eigenvalue weighted by molar-refractivity contribution is -0.138. The average molecular weight is 553 g/mol. The molecule has 4 rings (SSSR count). The molecule has 5 heteroatoms. The zero-order chi connectivity index (χ0) is 23.8. The summed E-state index contributed by atoms with van der Waals surface area (Å²) in [5.74, 6) is 5.36. The highest BCUT2D eigenvalue weighted by Gasteiger charge is 2.47. The summed E-state index contributed by atoms with van der Waals surface area (Å²) in [6.45, 7) is 6.88. The molecule has 170 valence electrons. The van der Waals surface area contributed by atoms with E-state index in [1.54, 1.807) is 6.92 Å². The normalized spacial score (nSPS) is 18.2. The monoisotopic (exact) mass is 553 g/mol. The molecule has 0 atom stereocenters. The zero-order valence-electron chi connectivity index (χ0n) is 19.3. The minimum Gasteiger partial charge on any atom is -0.339 e. The van der Waals surface area contributed by atoms with Crippen LogP contribution in [0.15, 0.2) is 36.4 Å². The van der Waals surface area contributed by atoms with Crippen LogP contribution in [0.25, 0.3) is 0 Å². The van der Waals surface area contributed by atoms with E-state index in [4.69, 9.17) is 0 Å². The van der Waals surface area contributed by atoms with Gasteiger partial charge in [-0.2, -0.15) is 0 Å². The number of aryl methyl sites for hydroxylation is 2. The molecule has 1 heterocycles. The summed E-state index contributed by atoms with van der Waals surface area (Å²) in [7, 11) is 0. The first kappa shape index (κ1) is 23.7. The molecule has 2 aromatic carbocycles. The Kier molecular flexibility index (Phi) is 6.76. The minimum absolute atomic E-state index is 0.0177. The molecular formula is C28H28INO3. The first-order valence-corrected chi connectivity index (χ1v) is 12.5. The maximum Gasteiger partial charge on any atom is 0.254 e. The van der Waals surface area contributed by atoms with Gasteiger partial charge in [-0.25, -0.2) is 0 Å². The van der Waals surface area contributed by atoms with E-state index < -0.39 is 5.92 Å². The minimum atomic E-state index is -0.676. The van der Waals surface area contributed by atoms with E-state index in [9.17, 15) is 14.4 Å². The van der Waals surface area contributed by atoms with Crippen molar-refractivity contribution in [3.63, 3.8) is 0 Å². The van der Waals surface area contributed by atoms with Gasteiger partial charge in [0.05, 0.1) is 5.56 Å². The fourth-order valence-electron chi connectivity index (χ4n) is 5.50. The summed E-state index contributed by atoms with van der Waals surface area (Å²) in [4.78, 5) is 41.5. The Morgan fingerprint density at radius 3 is 2.15 bits per heavy atom. The van der Waals surface area contributed by atoms with Crippen molar-refractivity contribution in [2.24, 2.45) is 5.41 Å². The van der Waals surface area contributed by atoms with Gasteiger partial charge in [0.2, 0.25) is 0 Å². The molecule has 0 aromatic heterocycles. The van der Waals surface area contributed by atoms with E-state index in [1.165, 1.54) is 0 Å².